The molecule has 4 heteroatoms. The van der Waals surface area contributed by atoms with Crippen LogP contribution in [0.2, 0.25) is 0 Å². The zero-order valence-corrected chi connectivity index (χ0v) is 11.6. The van der Waals surface area contributed by atoms with E-state index in [0.717, 1.165) is 26.0 Å². The lowest BCUT2D eigenvalue weighted by molar-refractivity contribution is 0.0358. The van der Waals surface area contributed by atoms with Crippen LogP contribution in [-0.4, -0.2) is 31.0 Å². The predicted octanol–water partition coefficient (Wildman–Crippen LogP) is 2.32. The Morgan fingerprint density at radius 2 is 2.29 bits per heavy atom. The van der Waals surface area contributed by atoms with Crippen LogP contribution in [0.15, 0.2) is 10.8 Å². The molecule has 1 heterocycles. The predicted molar refractivity (Wildman–Crippen MR) is 72.5 cm³/mol. The Kier molecular flexibility index (Phi) is 7.44. The fraction of sp³-hybridized carbons (Fsp3) is 0.692. The van der Waals surface area contributed by atoms with E-state index in [9.17, 15) is 5.11 Å². The van der Waals surface area contributed by atoms with Gasteiger partial charge in [0.2, 0.25) is 0 Å². The third kappa shape index (κ3) is 6.17. The molecule has 98 valence electrons. The van der Waals surface area contributed by atoms with Gasteiger partial charge in [0, 0.05) is 19.7 Å². The number of aliphatic hydroxyl groups is 1. The number of unbranched alkanes of at least 4 members (excludes halogenated alkanes) is 1. The van der Waals surface area contributed by atoms with Gasteiger partial charge in [0.15, 0.2) is 0 Å². The topological polar surface area (TPSA) is 41.5 Å². The van der Waals surface area contributed by atoms with Gasteiger partial charge < -0.3 is 15.2 Å². The summed E-state index contributed by atoms with van der Waals surface area (Å²) in [5.41, 5.74) is 2.63. The molecule has 0 aliphatic carbocycles. The number of ether oxygens (including phenoxy) is 1. The van der Waals surface area contributed by atoms with Crippen molar-refractivity contribution in [1.29, 1.82) is 0 Å². The summed E-state index contributed by atoms with van der Waals surface area (Å²) in [6, 6.07) is 0. The molecular formula is C13H23NO2S. The van der Waals surface area contributed by atoms with Gasteiger partial charge in [0.25, 0.3) is 0 Å². The van der Waals surface area contributed by atoms with Crippen LogP contribution in [0, 0.1) is 6.92 Å². The van der Waals surface area contributed by atoms with E-state index in [1.165, 1.54) is 11.1 Å². The van der Waals surface area contributed by atoms with E-state index in [-0.39, 0.29) is 0 Å². The van der Waals surface area contributed by atoms with Gasteiger partial charge in [0.05, 0.1) is 12.7 Å². The minimum atomic E-state index is -0.411. The fourth-order valence-corrected chi connectivity index (χ4v) is 2.32. The first-order valence-electron chi connectivity index (χ1n) is 6.22. The lowest BCUT2D eigenvalue weighted by atomic mass is 10.2. The molecule has 0 radical (unpaired) electrons. The molecule has 0 amide bonds. The van der Waals surface area contributed by atoms with Crippen LogP contribution in [0.1, 0.15) is 30.9 Å². The van der Waals surface area contributed by atoms with Crippen LogP contribution in [0.25, 0.3) is 0 Å². The maximum absolute atomic E-state index is 9.66. The lowest BCUT2D eigenvalue weighted by Gasteiger charge is -2.12. The summed E-state index contributed by atoms with van der Waals surface area (Å²) in [4.78, 5) is 0. The highest BCUT2D eigenvalue weighted by Gasteiger charge is 2.04. The van der Waals surface area contributed by atoms with E-state index in [0.29, 0.717) is 13.2 Å². The molecule has 0 saturated heterocycles. The highest BCUT2D eigenvalue weighted by atomic mass is 32.1. The smallest absolute Gasteiger partial charge is 0.0897 e. The van der Waals surface area contributed by atoms with Crippen molar-refractivity contribution in [2.45, 2.75) is 39.3 Å². The Balaban J connectivity index is 2.04. The summed E-state index contributed by atoms with van der Waals surface area (Å²) >= 11 is 1.72. The minimum absolute atomic E-state index is 0.411. The van der Waals surface area contributed by atoms with E-state index in [2.05, 4.69) is 29.9 Å². The highest BCUT2D eigenvalue weighted by Crippen LogP contribution is 2.12. The first-order valence-corrected chi connectivity index (χ1v) is 7.16. The number of aryl methyl sites for hydroxylation is 1. The van der Waals surface area contributed by atoms with Crippen molar-refractivity contribution in [1.82, 2.24) is 5.32 Å². The van der Waals surface area contributed by atoms with Crippen molar-refractivity contribution in [3.05, 3.63) is 21.9 Å². The molecule has 0 saturated carbocycles. The number of nitrogens with one attached hydrogen (secondary N) is 1. The second-order valence-electron chi connectivity index (χ2n) is 4.29. The van der Waals surface area contributed by atoms with Crippen molar-refractivity contribution >= 4 is 11.3 Å². The standard InChI is InChI=1S/C13H23NO2S/c1-3-4-5-16-8-13(15)7-14-6-12-10-17-9-11(12)2/h9-10,13-15H,3-8H2,1-2H3. The summed E-state index contributed by atoms with van der Waals surface area (Å²) in [6.45, 7) is 6.82. The summed E-state index contributed by atoms with van der Waals surface area (Å²) in [5.74, 6) is 0. The lowest BCUT2D eigenvalue weighted by Crippen LogP contribution is -2.30. The molecule has 1 aromatic rings. The number of thiophene rings is 1. The zero-order chi connectivity index (χ0) is 12.5. The molecular weight excluding hydrogens is 234 g/mol. The summed E-state index contributed by atoms with van der Waals surface area (Å²) in [5, 5.41) is 17.2. The van der Waals surface area contributed by atoms with Gasteiger partial charge in [-0.1, -0.05) is 13.3 Å². The van der Waals surface area contributed by atoms with Crippen molar-refractivity contribution in [3.8, 4) is 0 Å². The number of hydrogen-bond acceptors (Lipinski definition) is 4. The van der Waals surface area contributed by atoms with Crippen molar-refractivity contribution in [2.75, 3.05) is 19.8 Å². The minimum Gasteiger partial charge on any atom is -0.389 e. The third-order valence-electron chi connectivity index (χ3n) is 2.61. The molecule has 0 aliphatic heterocycles. The average Bonchev–Trinajstić information content (AvgIpc) is 2.71. The van der Waals surface area contributed by atoms with E-state index in [4.69, 9.17) is 4.74 Å². The molecule has 1 aromatic heterocycles. The van der Waals surface area contributed by atoms with E-state index in [1.54, 1.807) is 11.3 Å². The zero-order valence-electron chi connectivity index (χ0n) is 10.7. The van der Waals surface area contributed by atoms with E-state index in [1.807, 2.05) is 0 Å². The van der Waals surface area contributed by atoms with Gasteiger partial charge in [-0.25, -0.2) is 0 Å². The number of hydrogen-bond donors (Lipinski definition) is 2. The summed E-state index contributed by atoms with van der Waals surface area (Å²) in [7, 11) is 0. The van der Waals surface area contributed by atoms with Crippen molar-refractivity contribution < 1.29 is 9.84 Å². The molecule has 0 aliphatic rings. The van der Waals surface area contributed by atoms with Crippen LogP contribution in [0.5, 0.6) is 0 Å². The quantitative estimate of drug-likeness (QED) is 0.667. The van der Waals surface area contributed by atoms with Crippen LogP contribution in [0.3, 0.4) is 0 Å². The maximum atomic E-state index is 9.66. The normalized spacial score (nSPS) is 12.9. The van der Waals surface area contributed by atoms with Crippen molar-refractivity contribution in [2.24, 2.45) is 0 Å². The maximum Gasteiger partial charge on any atom is 0.0897 e. The second-order valence-corrected chi connectivity index (χ2v) is 5.04. The Morgan fingerprint density at radius 1 is 1.47 bits per heavy atom. The average molecular weight is 257 g/mol. The first-order chi connectivity index (χ1) is 8.24. The van der Waals surface area contributed by atoms with Gasteiger partial charge >= 0.3 is 0 Å². The van der Waals surface area contributed by atoms with Crippen LogP contribution < -0.4 is 5.32 Å². The molecule has 1 atom stereocenters. The summed E-state index contributed by atoms with van der Waals surface area (Å²) in [6.07, 6.45) is 1.78. The van der Waals surface area contributed by atoms with Crippen LogP contribution in [0.4, 0.5) is 0 Å². The van der Waals surface area contributed by atoms with Gasteiger partial charge in [-0.15, -0.1) is 0 Å². The monoisotopic (exact) mass is 257 g/mol. The Bertz CT molecular complexity index is 301. The van der Waals surface area contributed by atoms with Gasteiger partial charge in [-0.3, -0.25) is 0 Å². The van der Waals surface area contributed by atoms with E-state index < -0.39 is 6.10 Å². The SMILES string of the molecule is CCCCOCC(O)CNCc1cscc1C. The summed E-state index contributed by atoms with van der Waals surface area (Å²) < 4.78 is 5.36. The molecule has 2 N–H and O–H groups in total. The largest absolute Gasteiger partial charge is 0.389 e. The molecule has 17 heavy (non-hydrogen) atoms. The molecule has 0 bridgehead atoms. The van der Waals surface area contributed by atoms with Crippen LogP contribution in [-0.2, 0) is 11.3 Å². The van der Waals surface area contributed by atoms with Gasteiger partial charge in [0.1, 0.15) is 0 Å². The van der Waals surface area contributed by atoms with E-state index >= 15 is 0 Å². The third-order valence-corrected chi connectivity index (χ3v) is 3.52. The second kappa shape index (κ2) is 8.64. The Labute approximate surface area is 108 Å². The Hall–Kier alpha value is -0.420. The first kappa shape index (κ1) is 14.6. The molecule has 0 fully saturated rings. The highest BCUT2D eigenvalue weighted by molar-refractivity contribution is 7.08. The number of aliphatic hydroxyl groups excluding tert-OH is 1. The van der Waals surface area contributed by atoms with Gasteiger partial charge in [-0.2, -0.15) is 11.3 Å². The van der Waals surface area contributed by atoms with Crippen LogP contribution >= 0.6 is 11.3 Å². The molecule has 1 rings (SSSR count). The fourth-order valence-electron chi connectivity index (χ4n) is 1.47. The molecule has 0 aromatic carbocycles. The molecule has 0 spiro atoms. The van der Waals surface area contributed by atoms with Gasteiger partial charge in [-0.05, 0) is 35.2 Å². The Morgan fingerprint density at radius 3 is 2.94 bits per heavy atom. The van der Waals surface area contributed by atoms with Crippen molar-refractivity contribution in [3.63, 3.8) is 0 Å². The molecule has 3 nitrogen and oxygen atoms in total. The molecule has 1 unspecified atom stereocenters. The number of rotatable bonds is 9.